The Labute approximate surface area is 187 Å². The fourth-order valence-corrected chi connectivity index (χ4v) is 4.47. The Balaban J connectivity index is 1.40. The van der Waals surface area contributed by atoms with Crippen molar-refractivity contribution in [3.63, 3.8) is 0 Å². The van der Waals surface area contributed by atoms with Crippen LogP contribution < -0.4 is 10.1 Å². The normalized spacial score (nSPS) is 10.6. The highest BCUT2D eigenvalue weighted by atomic mass is 32.2. The van der Waals surface area contributed by atoms with Gasteiger partial charge in [-0.2, -0.15) is 0 Å². The van der Waals surface area contributed by atoms with E-state index < -0.39 is 0 Å². The number of carbonyl (C=O) groups excluding carboxylic acids is 1. The number of amides is 1. The zero-order chi connectivity index (χ0) is 21.6. The van der Waals surface area contributed by atoms with E-state index in [1.54, 1.807) is 43.0 Å². The van der Waals surface area contributed by atoms with E-state index >= 15 is 0 Å². The molecule has 0 fully saturated rings. The van der Waals surface area contributed by atoms with E-state index in [2.05, 4.69) is 25.5 Å². The fourth-order valence-electron chi connectivity index (χ4n) is 2.84. The van der Waals surface area contributed by atoms with Gasteiger partial charge >= 0.3 is 0 Å². The molecule has 0 atom stereocenters. The second kappa shape index (κ2) is 9.67. The standard InChI is InChI=1S/C22H19N5O2S2/c1-14-21(31-22(24-14)15-6-5-11-23-12-15)17-9-10-20(27-26-17)30-13-19(28)25-16-7-3-4-8-18(16)29-2/h3-12H,13H2,1-2H3,(H,25,28). The Morgan fingerprint density at radius 2 is 2.00 bits per heavy atom. The minimum atomic E-state index is -0.139. The van der Waals surface area contributed by atoms with Crippen LogP contribution in [0.25, 0.3) is 21.1 Å². The molecule has 4 aromatic rings. The maximum Gasteiger partial charge on any atom is 0.234 e. The Bertz CT molecular complexity index is 1180. The summed E-state index contributed by atoms with van der Waals surface area (Å²) in [4.78, 5) is 22.0. The van der Waals surface area contributed by atoms with Gasteiger partial charge in [-0.15, -0.1) is 21.5 Å². The summed E-state index contributed by atoms with van der Waals surface area (Å²) < 4.78 is 5.25. The maximum atomic E-state index is 12.3. The van der Waals surface area contributed by atoms with Crippen LogP contribution >= 0.6 is 23.1 Å². The molecule has 156 valence electrons. The van der Waals surface area contributed by atoms with E-state index in [-0.39, 0.29) is 11.7 Å². The summed E-state index contributed by atoms with van der Waals surface area (Å²) in [5.41, 5.74) is 3.27. The first-order chi connectivity index (χ1) is 15.1. The minimum Gasteiger partial charge on any atom is -0.495 e. The number of benzene rings is 1. The van der Waals surface area contributed by atoms with Gasteiger partial charge in [-0.3, -0.25) is 9.78 Å². The van der Waals surface area contributed by atoms with Crippen molar-refractivity contribution in [1.29, 1.82) is 0 Å². The van der Waals surface area contributed by atoms with E-state index in [9.17, 15) is 4.79 Å². The SMILES string of the molecule is COc1ccccc1NC(=O)CSc1ccc(-c2sc(-c3cccnc3)nc2C)nn1. The number of aryl methyl sites for hydroxylation is 1. The lowest BCUT2D eigenvalue weighted by molar-refractivity contribution is -0.113. The molecule has 0 aliphatic heterocycles. The highest BCUT2D eigenvalue weighted by molar-refractivity contribution is 7.99. The maximum absolute atomic E-state index is 12.3. The van der Waals surface area contributed by atoms with Crippen molar-refractivity contribution in [2.45, 2.75) is 11.9 Å². The zero-order valence-electron chi connectivity index (χ0n) is 16.9. The van der Waals surface area contributed by atoms with Gasteiger partial charge in [0.2, 0.25) is 5.91 Å². The van der Waals surface area contributed by atoms with E-state index in [1.165, 1.54) is 11.8 Å². The summed E-state index contributed by atoms with van der Waals surface area (Å²) in [6, 6.07) is 14.9. The molecule has 4 rings (SSSR count). The monoisotopic (exact) mass is 449 g/mol. The minimum absolute atomic E-state index is 0.139. The van der Waals surface area contributed by atoms with Crippen LogP contribution in [0.1, 0.15) is 5.69 Å². The third-order valence-electron chi connectivity index (χ3n) is 4.31. The van der Waals surface area contributed by atoms with Crippen LogP contribution in [-0.4, -0.2) is 38.9 Å². The van der Waals surface area contributed by atoms with Crippen LogP contribution in [0.2, 0.25) is 0 Å². The van der Waals surface area contributed by atoms with Crippen molar-refractivity contribution in [3.05, 3.63) is 66.6 Å². The molecule has 1 amide bonds. The van der Waals surface area contributed by atoms with Gasteiger partial charge in [0, 0.05) is 18.0 Å². The average molecular weight is 450 g/mol. The number of nitrogens with zero attached hydrogens (tertiary/aromatic N) is 4. The van der Waals surface area contributed by atoms with Gasteiger partial charge in [0.05, 0.1) is 29.1 Å². The summed E-state index contributed by atoms with van der Waals surface area (Å²) in [6.07, 6.45) is 3.53. The number of thiazole rings is 1. The van der Waals surface area contributed by atoms with Crippen molar-refractivity contribution >= 4 is 34.7 Å². The number of thioether (sulfide) groups is 1. The molecule has 31 heavy (non-hydrogen) atoms. The van der Waals surface area contributed by atoms with E-state index in [0.29, 0.717) is 16.5 Å². The molecule has 0 bridgehead atoms. The largest absolute Gasteiger partial charge is 0.495 e. The number of hydrogen-bond acceptors (Lipinski definition) is 8. The van der Waals surface area contributed by atoms with Crippen molar-refractivity contribution in [1.82, 2.24) is 20.2 Å². The number of nitrogens with one attached hydrogen (secondary N) is 1. The van der Waals surface area contributed by atoms with Gasteiger partial charge in [0.15, 0.2) is 0 Å². The Morgan fingerprint density at radius 1 is 1.13 bits per heavy atom. The molecule has 3 heterocycles. The fraction of sp³-hybridized carbons (Fsp3) is 0.136. The molecule has 1 aromatic carbocycles. The smallest absolute Gasteiger partial charge is 0.234 e. The summed E-state index contributed by atoms with van der Waals surface area (Å²) in [5, 5.41) is 13.0. The predicted molar refractivity (Wildman–Crippen MR) is 123 cm³/mol. The number of hydrogen-bond donors (Lipinski definition) is 1. The van der Waals surface area contributed by atoms with Crippen LogP contribution in [0.3, 0.4) is 0 Å². The molecule has 0 saturated carbocycles. The number of para-hydroxylation sites is 2. The number of ether oxygens (including phenoxy) is 1. The molecule has 0 aliphatic rings. The topological polar surface area (TPSA) is 89.9 Å². The third kappa shape index (κ3) is 5.07. The second-order valence-corrected chi connectivity index (χ2v) is 8.46. The van der Waals surface area contributed by atoms with Crippen molar-refractivity contribution < 1.29 is 9.53 Å². The first kappa shape index (κ1) is 21.0. The third-order valence-corrected chi connectivity index (χ3v) is 6.46. The van der Waals surface area contributed by atoms with Gasteiger partial charge in [-0.05, 0) is 43.3 Å². The van der Waals surface area contributed by atoms with Crippen LogP contribution in [-0.2, 0) is 4.79 Å². The summed E-state index contributed by atoms with van der Waals surface area (Å²) in [7, 11) is 1.57. The average Bonchev–Trinajstić information content (AvgIpc) is 3.20. The Kier molecular flexibility index (Phi) is 6.54. The number of anilines is 1. The molecule has 0 spiro atoms. The van der Waals surface area contributed by atoms with Crippen molar-refractivity contribution in [3.8, 4) is 26.9 Å². The first-order valence-corrected chi connectivity index (χ1v) is 11.2. The van der Waals surface area contributed by atoms with E-state index in [0.717, 1.165) is 26.8 Å². The summed E-state index contributed by atoms with van der Waals surface area (Å²) >= 11 is 2.88. The van der Waals surface area contributed by atoms with E-state index in [4.69, 9.17) is 4.74 Å². The van der Waals surface area contributed by atoms with Crippen LogP contribution in [0.5, 0.6) is 5.75 Å². The Morgan fingerprint density at radius 3 is 2.74 bits per heavy atom. The Hall–Kier alpha value is -3.30. The summed E-state index contributed by atoms with van der Waals surface area (Å²) in [6.45, 7) is 1.96. The van der Waals surface area contributed by atoms with Gasteiger partial charge < -0.3 is 10.1 Å². The molecule has 9 heteroatoms. The van der Waals surface area contributed by atoms with Gasteiger partial charge in [-0.25, -0.2) is 4.98 Å². The highest BCUT2D eigenvalue weighted by Gasteiger charge is 2.14. The molecule has 3 aromatic heterocycles. The van der Waals surface area contributed by atoms with E-state index in [1.807, 2.05) is 43.3 Å². The van der Waals surface area contributed by atoms with Gasteiger partial charge in [0.25, 0.3) is 0 Å². The molecular weight excluding hydrogens is 430 g/mol. The lowest BCUT2D eigenvalue weighted by atomic mass is 10.3. The lowest BCUT2D eigenvalue weighted by Crippen LogP contribution is -2.14. The molecule has 0 saturated heterocycles. The number of carbonyl (C=O) groups is 1. The van der Waals surface area contributed by atoms with Crippen molar-refractivity contribution in [2.24, 2.45) is 0 Å². The summed E-state index contributed by atoms with van der Waals surface area (Å²) in [5.74, 6) is 0.701. The van der Waals surface area contributed by atoms with Gasteiger partial charge in [0.1, 0.15) is 21.5 Å². The van der Waals surface area contributed by atoms with Crippen molar-refractivity contribution in [2.75, 3.05) is 18.2 Å². The number of pyridine rings is 1. The molecule has 0 unspecified atom stereocenters. The molecule has 7 nitrogen and oxygen atoms in total. The predicted octanol–water partition coefficient (Wildman–Crippen LogP) is 4.71. The highest BCUT2D eigenvalue weighted by Crippen LogP contribution is 2.34. The molecular formula is C22H19N5O2S2. The molecule has 0 radical (unpaired) electrons. The van der Waals surface area contributed by atoms with Crippen LogP contribution in [0, 0.1) is 6.92 Å². The molecule has 1 N–H and O–H groups in total. The number of rotatable bonds is 7. The number of methoxy groups -OCH3 is 1. The first-order valence-electron chi connectivity index (χ1n) is 9.41. The molecule has 0 aliphatic carbocycles. The van der Waals surface area contributed by atoms with Gasteiger partial charge in [-0.1, -0.05) is 23.9 Å². The number of aromatic nitrogens is 4. The van der Waals surface area contributed by atoms with Crippen LogP contribution in [0.15, 0.2) is 66.0 Å². The lowest BCUT2D eigenvalue weighted by Gasteiger charge is -2.09. The second-order valence-electron chi connectivity index (χ2n) is 6.47. The zero-order valence-corrected chi connectivity index (χ0v) is 18.5. The quantitative estimate of drug-likeness (QED) is 0.409. The van der Waals surface area contributed by atoms with Crippen LogP contribution in [0.4, 0.5) is 5.69 Å².